The molecule has 0 fully saturated rings. The van der Waals surface area contributed by atoms with E-state index in [2.05, 4.69) is 62.4 Å². The molecule has 0 saturated heterocycles. The van der Waals surface area contributed by atoms with Gasteiger partial charge in [-0.3, -0.25) is 0 Å². The molecule has 106 valence electrons. The van der Waals surface area contributed by atoms with Crippen molar-refractivity contribution >= 4 is 23.2 Å². The van der Waals surface area contributed by atoms with Gasteiger partial charge in [0.15, 0.2) is 0 Å². The third-order valence-electron chi connectivity index (χ3n) is 3.84. The summed E-state index contributed by atoms with van der Waals surface area (Å²) in [5, 5.41) is 0. The van der Waals surface area contributed by atoms with Gasteiger partial charge in [0.1, 0.15) is 0 Å². The number of hydrogen-bond donors (Lipinski definition) is 0. The Labute approximate surface area is 131 Å². The smallest absolute Gasteiger partial charge is 0.0335 e. The van der Waals surface area contributed by atoms with Crippen molar-refractivity contribution in [3.8, 4) is 0 Å². The standard InChI is InChI=1S/C18H20Cl2/c1-14-3-7-16(8-4-14)11-18(12-19,13-20)17-9-5-15(2)6-10-17/h3-10H,11-13H2,1-2H3. The van der Waals surface area contributed by atoms with Crippen molar-refractivity contribution in [1.82, 2.24) is 0 Å². The summed E-state index contributed by atoms with van der Waals surface area (Å²) in [6.07, 6.45) is 0.864. The van der Waals surface area contributed by atoms with Gasteiger partial charge in [-0.2, -0.15) is 0 Å². The van der Waals surface area contributed by atoms with Crippen molar-refractivity contribution in [3.05, 3.63) is 70.8 Å². The lowest BCUT2D eigenvalue weighted by Crippen LogP contribution is -2.33. The number of benzene rings is 2. The molecule has 2 aromatic carbocycles. The minimum absolute atomic E-state index is 0.202. The van der Waals surface area contributed by atoms with Crippen molar-refractivity contribution in [2.75, 3.05) is 11.8 Å². The highest BCUT2D eigenvalue weighted by Crippen LogP contribution is 2.32. The van der Waals surface area contributed by atoms with Gasteiger partial charge in [0.05, 0.1) is 0 Å². The summed E-state index contributed by atoms with van der Waals surface area (Å²) in [5.74, 6) is 1.04. The van der Waals surface area contributed by atoms with Gasteiger partial charge in [-0.15, -0.1) is 23.2 Å². The first-order valence-electron chi connectivity index (χ1n) is 6.84. The quantitative estimate of drug-likeness (QED) is 0.661. The van der Waals surface area contributed by atoms with Gasteiger partial charge in [0, 0.05) is 17.2 Å². The molecular formula is C18H20Cl2. The lowest BCUT2D eigenvalue weighted by atomic mass is 9.78. The molecule has 0 radical (unpaired) electrons. The summed E-state index contributed by atoms with van der Waals surface area (Å²) in [6, 6.07) is 17.1. The van der Waals surface area contributed by atoms with Crippen LogP contribution in [0.25, 0.3) is 0 Å². The van der Waals surface area contributed by atoms with Crippen LogP contribution in [0.4, 0.5) is 0 Å². The molecule has 0 unspecified atom stereocenters. The van der Waals surface area contributed by atoms with Crippen LogP contribution in [-0.4, -0.2) is 11.8 Å². The molecule has 0 amide bonds. The van der Waals surface area contributed by atoms with Crippen LogP contribution in [0.5, 0.6) is 0 Å². The maximum Gasteiger partial charge on any atom is 0.0335 e. The molecular weight excluding hydrogens is 287 g/mol. The maximum absolute atomic E-state index is 6.30. The first kappa shape index (κ1) is 15.4. The van der Waals surface area contributed by atoms with E-state index in [1.165, 1.54) is 22.3 Å². The highest BCUT2D eigenvalue weighted by molar-refractivity contribution is 6.22. The first-order valence-corrected chi connectivity index (χ1v) is 7.91. The van der Waals surface area contributed by atoms with Gasteiger partial charge in [-0.1, -0.05) is 59.7 Å². The molecule has 2 rings (SSSR count). The van der Waals surface area contributed by atoms with Crippen LogP contribution in [-0.2, 0) is 11.8 Å². The Balaban J connectivity index is 2.33. The molecule has 2 aromatic rings. The summed E-state index contributed by atoms with van der Waals surface area (Å²) >= 11 is 12.6. The normalized spacial score (nSPS) is 11.6. The fourth-order valence-corrected chi connectivity index (χ4v) is 3.17. The van der Waals surface area contributed by atoms with Gasteiger partial charge in [0.25, 0.3) is 0 Å². The van der Waals surface area contributed by atoms with Crippen molar-refractivity contribution in [2.45, 2.75) is 25.7 Å². The summed E-state index contributed by atoms with van der Waals surface area (Å²) in [5.41, 5.74) is 4.81. The van der Waals surface area contributed by atoms with E-state index in [9.17, 15) is 0 Å². The fourth-order valence-electron chi connectivity index (χ4n) is 2.39. The fraction of sp³-hybridized carbons (Fsp3) is 0.333. The molecule has 0 bridgehead atoms. The first-order chi connectivity index (χ1) is 9.59. The van der Waals surface area contributed by atoms with Gasteiger partial charge < -0.3 is 0 Å². The monoisotopic (exact) mass is 306 g/mol. The van der Waals surface area contributed by atoms with Gasteiger partial charge in [-0.05, 0) is 31.4 Å². The Kier molecular flexibility index (Phi) is 5.12. The zero-order chi connectivity index (χ0) is 14.6. The average molecular weight is 307 g/mol. The second-order valence-corrected chi connectivity index (χ2v) is 6.11. The van der Waals surface area contributed by atoms with Crippen molar-refractivity contribution < 1.29 is 0 Å². The van der Waals surface area contributed by atoms with Crippen LogP contribution >= 0.6 is 23.2 Å². The van der Waals surface area contributed by atoms with Crippen LogP contribution in [0.15, 0.2) is 48.5 Å². The summed E-state index contributed by atoms with van der Waals surface area (Å²) < 4.78 is 0. The van der Waals surface area contributed by atoms with Gasteiger partial charge >= 0.3 is 0 Å². The van der Waals surface area contributed by atoms with Crippen LogP contribution in [0.1, 0.15) is 22.3 Å². The van der Waals surface area contributed by atoms with Crippen molar-refractivity contribution in [3.63, 3.8) is 0 Å². The van der Waals surface area contributed by atoms with Gasteiger partial charge in [0.2, 0.25) is 0 Å². The molecule has 0 heterocycles. The molecule has 0 aliphatic carbocycles. The highest BCUT2D eigenvalue weighted by Gasteiger charge is 2.30. The average Bonchev–Trinajstić information content (AvgIpc) is 2.48. The van der Waals surface area contributed by atoms with Crippen LogP contribution in [0, 0.1) is 13.8 Å². The molecule has 2 heteroatoms. The molecule has 0 aliphatic heterocycles. The molecule has 0 saturated carbocycles. The van der Waals surface area contributed by atoms with Crippen LogP contribution in [0.2, 0.25) is 0 Å². The number of hydrogen-bond acceptors (Lipinski definition) is 0. The maximum atomic E-state index is 6.30. The molecule has 0 nitrogen and oxygen atoms in total. The van der Waals surface area contributed by atoms with E-state index in [1.807, 2.05) is 0 Å². The van der Waals surface area contributed by atoms with Gasteiger partial charge in [-0.25, -0.2) is 0 Å². The topological polar surface area (TPSA) is 0 Å². The summed E-state index contributed by atoms with van der Waals surface area (Å²) in [4.78, 5) is 0. The van der Waals surface area contributed by atoms with E-state index in [0.717, 1.165) is 6.42 Å². The predicted molar refractivity (Wildman–Crippen MR) is 89.2 cm³/mol. The third kappa shape index (κ3) is 3.37. The molecule has 0 aromatic heterocycles. The molecule has 0 atom stereocenters. The van der Waals surface area contributed by atoms with Crippen molar-refractivity contribution in [1.29, 1.82) is 0 Å². The Morgan fingerprint density at radius 1 is 0.750 bits per heavy atom. The van der Waals surface area contributed by atoms with Crippen molar-refractivity contribution in [2.24, 2.45) is 0 Å². The number of alkyl halides is 2. The molecule has 0 N–H and O–H groups in total. The Hall–Kier alpha value is -0.980. The minimum Gasteiger partial charge on any atom is -0.126 e. The number of aryl methyl sites for hydroxylation is 2. The Morgan fingerprint density at radius 2 is 1.20 bits per heavy atom. The number of rotatable bonds is 5. The van der Waals surface area contributed by atoms with E-state index >= 15 is 0 Å². The number of halogens is 2. The lowest BCUT2D eigenvalue weighted by molar-refractivity contribution is 0.536. The second kappa shape index (κ2) is 6.65. The summed E-state index contributed by atoms with van der Waals surface area (Å²) in [6.45, 7) is 4.19. The minimum atomic E-state index is -0.202. The predicted octanol–water partition coefficient (Wildman–Crippen LogP) is 5.26. The van der Waals surface area contributed by atoms with E-state index in [1.54, 1.807) is 0 Å². The molecule has 0 aliphatic rings. The van der Waals surface area contributed by atoms with E-state index in [4.69, 9.17) is 23.2 Å². The largest absolute Gasteiger partial charge is 0.126 e. The highest BCUT2D eigenvalue weighted by atomic mass is 35.5. The Bertz CT molecular complexity index is 537. The van der Waals surface area contributed by atoms with E-state index < -0.39 is 0 Å². The third-order valence-corrected chi connectivity index (χ3v) is 4.86. The second-order valence-electron chi connectivity index (χ2n) is 5.58. The van der Waals surface area contributed by atoms with Crippen LogP contribution < -0.4 is 0 Å². The SMILES string of the molecule is Cc1ccc(CC(CCl)(CCl)c2ccc(C)cc2)cc1. The summed E-state index contributed by atoms with van der Waals surface area (Å²) in [7, 11) is 0. The van der Waals surface area contributed by atoms with E-state index in [0.29, 0.717) is 11.8 Å². The zero-order valence-electron chi connectivity index (χ0n) is 12.0. The molecule has 20 heavy (non-hydrogen) atoms. The zero-order valence-corrected chi connectivity index (χ0v) is 13.5. The van der Waals surface area contributed by atoms with E-state index in [-0.39, 0.29) is 5.41 Å². The molecule has 0 spiro atoms. The lowest BCUT2D eigenvalue weighted by Gasteiger charge is -2.30. The Morgan fingerprint density at radius 3 is 1.65 bits per heavy atom. The van der Waals surface area contributed by atoms with Crippen LogP contribution in [0.3, 0.4) is 0 Å².